The summed E-state index contributed by atoms with van der Waals surface area (Å²) in [5.41, 5.74) is 2.87. The smallest absolute Gasteiger partial charge is 0.120 e. The van der Waals surface area contributed by atoms with Crippen LogP contribution in [0.25, 0.3) is 0 Å². The van der Waals surface area contributed by atoms with E-state index in [-0.39, 0.29) is 6.61 Å². The third kappa shape index (κ3) is 5.70. The lowest BCUT2D eigenvalue weighted by Gasteiger charge is -2.37. The Morgan fingerprint density at radius 3 is 2.60 bits per heavy atom. The molecule has 160 valence electrons. The molecule has 1 saturated heterocycles. The van der Waals surface area contributed by atoms with Gasteiger partial charge in [-0.2, -0.15) is 5.26 Å². The SMILES string of the molecule is CC(C)COc1ccc(N2CCN(CC(O)c3ccnc(CO)c3)CC2)c(C#N)c1. The summed E-state index contributed by atoms with van der Waals surface area (Å²) in [5, 5.41) is 29.4. The van der Waals surface area contributed by atoms with E-state index in [1.807, 2.05) is 18.2 Å². The summed E-state index contributed by atoms with van der Waals surface area (Å²) in [6.07, 6.45) is 0.983. The van der Waals surface area contributed by atoms with Crippen molar-refractivity contribution in [2.75, 3.05) is 44.2 Å². The molecule has 7 heteroatoms. The molecular formula is C23H30N4O3. The Balaban J connectivity index is 1.58. The van der Waals surface area contributed by atoms with Gasteiger partial charge in [0.25, 0.3) is 0 Å². The Morgan fingerprint density at radius 1 is 1.17 bits per heavy atom. The number of nitrogens with zero attached hydrogens (tertiary/aromatic N) is 4. The fourth-order valence-corrected chi connectivity index (χ4v) is 3.55. The van der Waals surface area contributed by atoms with Crippen LogP contribution in [0, 0.1) is 17.2 Å². The van der Waals surface area contributed by atoms with Crippen molar-refractivity contribution in [3.8, 4) is 11.8 Å². The van der Waals surface area contributed by atoms with Crippen molar-refractivity contribution in [3.63, 3.8) is 0 Å². The first-order valence-electron chi connectivity index (χ1n) is 10.4. The molecule has 1 aliphatic heterocycles. The monoisotopic (exact) mass is 410 g/mol. The Labute approximate surface area is 178 Å². The number of hydrogen-bond donors (Lipinski definition) is 2. The van der Waals surface area contributed by atoms with Gasteiger partial charge < -0.3 is 19.8 Å². The van der Waals surface area contributed by atoms with E-state index in [1.54, 1.807) is 18.3 Å². The molecule has 1 aromatic carbocycles. The van der Waals surface area contributed by atoms with Crippen LogP contribution in [0.15, 0.2) is 36.5 Å². The molecule has 0 saturated carbocycles. The molecule has 2 N–H and O–H groups in total. The van der Waals surface area contributed by atoms with E-state index in [4.69, 9.17) is 4.74 Å². The average Bonchev–Trinajstić information content (AvgIpc) is 2.78. The standard InChI is InChI=1S/C23H30N4O3/c1-17(2)16-30-21-3-4-22(19(12-21)13-24)27-9-7-26(8-10-27)14-23(29)18-5-6-25-20(11-18)15-28/h3-6,11-12,17,23,28-29H,7-10,14-16H2,1-2H3. The van der Waals surface area contributed by atoms with Gasteiger partial charge in [-0.3, -0.25) is 9.88 Å². The maximum Gasteiger partial charge on any atom is 0.120 e. The van der Waals surface area contributed by atoms with Crippen LogP contribution in [0.4, 0.5) is 5.69 Å². The molecule has 2 aromatic rings. The van der Waals surface area contributed by atoms with Crippen molar-refractivity contribution in [3.05, 3.63) is 53.3 Å². The highest BCUT2D eigenvalue weighted by Crippen LogP contribution is 2.27. The van der Waals surface area contributed by atoms with E-state index in [2.05, 4.69) is 34.7 Å². The molecule has 1 aromatic heterocycles. The number of nitriles is 1. The minimum Gasteiger partial charge on any atom is -0.493 e. The first-order chi connectivity index (χ1) is 14.5. The number of benzene rings is 1. The number of ether oxygens (including phenoxy) is 1. The van der Waals surface area contributed by atoms with Gasteiger partial charge in [0.1, 0.15) is 11.8 Å². The van der Waals surface area contributed by atoms with Crippen molar-refractivity contribution in [1.29, 1.82) is 5.26 Å². The minimum atomic E-state index is -0.628. The summed E-state index contributed by atoms with van der Waals surface area (Å²) in [7, 11) is 0. The summed E-state index contributed by atoms with van der Waals surface area (Å²) in [6, 6.07) is 11.5. The molecule has 0 amide bonds. The number of pyridine rings is 1. The van der Waals surface area contributed by atoms with Gasteiger partial charge >= 0.3 is 0 Å². The molecule has 3 rings (SSSR count). The minimum absolute atomic E-state index is 0.137. The van der Waals surface area contributed by atoms with E-state index in [1.165, 1.54) is 0 Å². The fraction of sp³-hybridized carbons (Fsp3) is 0.478. The summed E-state index contributed by atoms with van der Waals surface area (Å²) in [6.45, 7) is 8.36. The van der Waals surface area contributed by atoms with Crippen molar-refractivity contribution in [1.82, 2.24) is 9.88 Å². The van der Waals surface area contributed by atoms with E-state index < -0.39 is 6.10 Å². The number of hydrogen-bond acceptors (Lipinski definition) is 7. The predicted molar refractivity (Wildman–Crippen MR) is 115 cm³/mol. The van der Waals surface area contributed by atoms with Crippen molar-refractivity contribution in [2.45, 2.75) is 26.6 Å². The number of rotatable bonds is 8. The third-order valence-corrected chi connectivity index (χ3v) is 5.20. The average molecular weight is 411 g/mol. The second-order valence-electron chi connectivity index (χ2n) is 8.04. The molecule has 7 nitrogen and oxygen atoms in total. The molecule has 2 heterocycles. The lowest BCUT2D eigenvalue weighted by molar-refractivity contribution is 0.109. The summed E-state index contributed by atoms with van der Waals surface area (Å²) < 4.78 is 5.75. The largest absolute Gasteiger partial charge is 0.493 e. The zero-order valence-corrected chi connectivity index (χ0v) is 17.7. The zero-order valence-electron chi connectivity index (χ0n) is 17.7. The van der Waals surface area contributed by atoms with Crippen LogP contribution in [0.1, 0.15) is 36.8 Å². The van der Waals surface area contributed by atoms with Gasteiger partial charge in [-0.25, -0.2) is 0 Å². The summed E-state index contributed by atoms with van der Waals surface area (Å²) in [5.74, 6) is 1.16. The highest BCUT2D eigenvalue weighted by Gasteiger charge is 2.22. The lowest BCUT2D eigenvalue weighted by Crippen LogP contribution is -2.47. The van der Waals surface area contributed by atoms with E-state index in [0.717, 1.165) is 43.2 Å². The van der Waals surface area contributed by atoms with Crippen LogP contribution in [0.2, 0.25) is 0 Å². The normalized spacial score (nSPS) is 15.8. The van der Waals surface area contributed by atoms with E-state index in [0.29, 0.717) is 30.3 Å². The van der Waals surface area contributed by atoms with Gasteiger partial charge in [0.2, 0.25) is 0 Å². The molecule has 1 unspecified atom stereocenters. The van der Waals surface area contributed by atoms with Gasteiger partial charge in [0, 0.05) is 38.9 Å². The topological polar surface area (TPSA) is 92.8 Å². The number of aliphatic hydroxyl groups excluding tert-OH is 2. The zero-order chi connectivity index (χ0) is 21.5. The van der Waals surface area contributed by atoms with Gasteiger partial charge in [-0.1, -0.05) is 13.8 Å². The Hall–Kier alpha value is -2.66. The van der Waals surface area contributed by atoms with Gasteiger partial charge in [0.15, 0.2) is 0 Å². The lowest BCUT2D eigenvalue weighted by atomic mass is 10.1. The number of anilines is 1. The number of β-amino-alcohol motifs (C(OH)–C–C–N with tert-alkyl or cyclic N) is 1. The molecule has 0 radical (unpaired) electrons. The quantitative estimate of drug-likeness (QED) is 0.690. The molecular weight excluding hydrogens is 380 g/mol. The molecule has 30 heavy (non-hydrogen) atoms. The van der Waals surface area contributed by atoms with Gasteiger partial charge in [-0.05, 0) is 41.8 Å². The van der Waals surface area contributed by atoms with Crippen LogP contribution < -0.4 is 9.64 Å². The molecule has 0 bridgehead atoms. The summed E-state index contributed by atoms with van der Waals surface area (Å²) >= 11 is 0. The second-order valence-corrected chi connectivity index (χ2v) is 8.04. The Bertz CT molecular complexity index is 873. The third-order valence-electron chi connectivity index (χ3n) is 5.20. The Kier molecular flexibility index (Phi) is 7.63. The van der Waals surface area contributed by atoms with Crippen LogP contribution in [0.3, 0.4) is 0 Å². The highest BCUT2D eigenvalue weighted by molar-refractivity contribution is 5.62. The van der Waals surface area contributed by atoms with Crippen molar-refractivity contribution >= 4 is 5.69 Å². The Morgan fingerprint density at radius 2 is 1.93 bits per heavy atom. The van der Waals surface area contributed by atoms with Crippen LogP contribution in [-0.2, 0) is 6.61 Å². The summed E-state index contributed by atoms with van der Waals surface area (Å²) in [4.78, 5) is 8.48. The number of piperazine rings is 1. The fourth-order valence-electron chi connectivity index (χ4n) is 3.55. The van der Waals surface area contributed by atoms with E-state index >= 15 is 0 Å². The van der Waals surface area contributed by atoms with E-state index in [9.17, 15) is 15.5 Å². The first-order valence-corrected chi connectivity index (χ1v) is 10.4. The van der Waals surface area contributed by atoms with Gasteiger partial charge in [0.05, 0.1) is 36.3 Å². The van der Waals surface area contributed by atoms with Crippen LogP contribution in [0.5, 0.6) is 5.75 Å². The molecule has 1 fully saturated rings. The number of aromatic nitrogens is 1. The maximum absolute atomic E-state index is 10.6. The van der Waals surface area contributed by atoms with Crippen LogP contribution in [-0.4, -0.2) is 59.4 Å². The first kappa shape index (κ1) is 22.0. The number of aliphatic hydroxyl groups is 2. The predicted octanol–water partition coefficient (Wildman–Crippen LogP) is 2.34. The van der Waals surface area contributed by atoms with Crippen molar-refractivity contribution in [2.24, 2.45) is 5.92 Å². The molecule has 1 atom stereocenters. The van der Waals surface area contributed by atoms with Gasteiger partial charge in [-0.15, -0.1) is 0 Å². The maximum atomic E-state index is 10.6. The van der Waals surface area contributed by atoms with Crippen molar-refractivity contribution < 1.29 is 14.9 Å². The van der Waals surface area contributed by atoms with Crippen LogP contribution >= 0.6 is 0 Å². The molecule has 0 aliphatic carbocycles. The highest BCUT2D eigenvalue weighted by atomic mass is 16.5. The molecule has 1 aliphatic rings. The molecule has 0 spiro atoms. The second kappa shape index (κ2) is 10.4.